The predicted molar refractivity (Wildman–Crippen MR) is 103 cm³/mol. The standard InChI is InChI=1S/C21H27N3O3/c1-21(2)13-17(16-5-3-4-6-18(16)27-21)24-19(25)14-7-9-15(10-8-14)23-20-22-11-12-26-20/h3-6,11-12,14-15,17H,7-10,13H2,1-2H3,(H,22,23)(H,24,25). The number of nitrogens with zero attached hydrogens (tertiary/aromatic N) is 1. The molecule has 1 aliphatic heterocycles. The molecular weight excluding hydrogens is 342 g/mol. The van der Waals surface area contributed by atoms with Crippen molar-refractivity contribution in [3.63, 3.8) is 0 Å². The van der Waals surface area contributed by atoms with Crippen LogP contribution < -0.4 is 15.4 Å². The maximum atomic E-state index is 12.9. The molecule has 2 aromatic rings. The molecule has 1 saturated carbocycles. The number of carbonyl (C=O) groups is 1. The second-order valence-corrected chi connectivity index (χ2v) is 8.20. The van der Waals surface area contributed by atoms with Crippen molar-refractivity contribution in [2.24, 2.45) is 5.92 Å². The number of anilines is 1. The molecule has 1 aromatic carbocycles. The molecule has 1 aliphatic carbocycles. The van der Waals surface area contributed by atoms with E-state index in [-0.39, 0.29) is 23.5 Å². The van der Waals surface area contributed by atoms with Crippen molar-refractivity contribution in [3.05, 3.63) is 42.3 Å². The number of oxazole rings is 1. The Kier molecular flexibility index (Phi) is 4.81. The molecule has 1 aromatic heterocycles. The van der Waals surface area contributed by atoms with Crippen molar-refractivity contribution in [2.45, 2.75) is 63.6 Å². The summed E-state index contributed by atoms with van der Waals surface area (Å²) in [6.45, 7) is 4.14. The average Bonchev–Trinajstić information content (AvgIpc) is 3.14. The number of carbonyl (C=O) groups excluding carboxylic acids is 1. The molecule has 2 N–H and O–H groups in total. The van der Waals surface area contributed by atoms with Gasteiger partial charge < -0.3 is 19.8 Å². The van der Waals surface area contributed by atoms with Gasteiger partial charge in [0.1, 0.15) is 17.6 Å². The van der Waals surface area contributed by atoms with Crippen LogP contribution in [0.25, 0.3) is 0 Å². The Balaban J connectivity index is 1.36. The number of para-hydroxylation sites is 1. The summed E-state index contributed by atoms with van der Waals surface area (Å²) >= 11 is 0. The fourth-order valence-corrected chi connectivity index (χ4v) is 4.19. The van der Waals surface area contributed by atoms with Crippen molar-refractivity contribution in [2.75, 3.05) is 5.32 Å². The molecule has 2 heterocycles. The average molecular weight is 369 g/mol. The van der Waals surface area contributed by atoms with E-state index in [0.717, 1.165) is 43.4 Å². The van der Waals surface area contributed by atoms with E-state index < -0.39 is 0 Å². The van der Waals surface area contributed by atoms with Gasteiger partial charge in [-0.3, -0.25) is 4.79 Å². The smallest absolute Gasteiger partial charge is 0.294 e. The monoisotopic (exact) mass is 369 g/mol. The van der Waals surface area contributed by atoms with Crippen LogP contribution in [0.5, 0.6) is 5.75 Å². The summed E-state index contributed by atoms with van der Waals surface area (Å²) in [6, 6.07) is 8.88. The van der Waals surface area contributed by atoms with E-state index in [1.807, 2.05) is 24.3 Å². The summed E-state index contributed by atoms with van der Waals surface area (Å²) in [5.41, 5.74) is 0.786. The van der Waals surface area contributed by atoms with Gasteiger partial charge in [0.25, 0.3) is 6.01 Å². The zero-order valence-corrected chi connectivity index (χ0v) is 15.9. The number of fused-ring (bicyclic) bond motifs is 1. The number of aromatic nitrogens is 1. The van der Waals surface area contributed by atoms with E-state index in [1.165, 1.54) is 0 Å². The Bertz CT molecular complexity index is 780. The lowest BCUT2D eigenvalue weighted by molar-refractivity contribution is -0.127. The van der Waals surface area contributed by atoms with E-state index >= 15 is 0 Å². The van der Waals surface area contributed by atoms with Crippen LogP contribution in [0.15, 0.2) is 41.1 Å². The van der Waals surface area contributed by atoms with Crippen molar-refractivity contribution >= 4 is 11.9 Å². The van der Waals surface area contributed by atoms with E-state index in [0.29, 0.717) is 12.1 Å². The first-order chi connectivity index (χ1) is 13.0. The van der Waals surface area contributed by atoms with Crippen LogP contribution in [0.3, 0.4) is 0 Å². The first-order valence-corrected chi connectivity index (χ1v) is 9.74. The molecule has 1 fully saturated rings. The molecule has 2 aliphatic rings. The van der Waals surface area contributed by atoms with Gasteiger partial charge in [0.15, 0.2) is 0 Å². The van der Waals surface area contributed by atoms with Crippen LogP contribution in [0.4, 0.5) is 6.01 Å². The summed E-state index contributed by atoms with van der Waals surface area (Å²) in [5.74, 6) is 1.09. The van der Waals surface area contributed by atoms with Crippen molar-refractivity contribution in [1.82, 2.24) is 10.3 Å². The lowest BCUT2D eigenvalue weighted by Crippen LogP contribution is -2.43. The van der Waals surface area contributed by atoms with Gasteiger partial charge in [0, 0.05) is 23.9 Å². The molecule has 1 unspecified atom stereocenters. The molecule has 27 heavy (non-hydrogen) atoms. The molecule has 0 saturated heterocycles. The normalized spacial score (nSPS) is 26.5. The second kappa shape index (κ2) is 7.25. The van der Waals surface area contributed by atoms with Crippen molar-refractivity contribution in [3.8, 4) is 5.75 Å². The molecule has 0 bridgehead atoms. The third kappa shape index (κ3) is 4.10. The molecule has 6 heteroatoms. The highest BCUT2D eigenvalue weighted by molar-refractivity contribution is 5.79. The molecule has 1 atom stereocenters. The lowest BCUT2D eigenvalue weighted by Gasteiger charge is -2.38. The first kappa shape index (κ1) is 17.9. The molecule has 4 rings (SSSR count). The molecule has 0 spiro atoms. The van der Waals surface area contributed by atoms with Gasteiger partial charge in [-0.2, -0.15) is 0 Å². The van der Waals surface area contributed by atoms with Gasteiger partial charge in [0.2, 0.25) is 5.91 Å². The fourth-order valence-electron chi connectivity index (χ4n) is 4.19. The number of amides is 1. The van der Waals surface area contributed by atoms with Gasteiger partial charge in [0.05, 0.1) is 12.2 Å². The Labute approximate surface area is 159 Å². The summed E-state index contributed by atoms with van der Waals surface area (Å²) in [5, 5.41) is 6.59. The highest BCUT2D eigenvalue weighted by Crippen LogP contribution is 2.39. The van der Waals surface area contributed by atoms with E-state index in [9.17, 15) is 4.79 Å². The van der Waals surface area contributed by atoms with Crippen molar-refractivity contribution < 1.29 is 13.9 Å². The third-order valence-electron chi connectivity index (χ3n) is 5.55. The van der Waals surface area contributed by atoms with E-state index in [1.54, 1.807) is 12.5 Å². The minimum Gasteiger partial charge on any atom is -0.487 e. The van der Waals surface area contributed by atoms with Crippen LogP contribution in [0.1, 0.15) is 57.6 Å². The van der Waals surface area contributed by atoms with Gasteiger partial charge in [-0.05, 0) is 45.6 Å². The maximum absolute atomic E-state index is 12.9. The second-order valence-electron chi connectivity index (χ2n) is 8.20. The number of hydrogen-bond acceptors (Lipinski definition) is 5. The topological polar surface area (TPSA) is 76.4 Å². The van der Waals surface area contributed by atoms with Crippen molar-refractivity contribution in [1.29, 1.82) is 0 Å². The van der Waals surface area contributed by atoms with Gasteiger partial charge >= 0.3 is 0 Å². The number of ether oxygens (including phenoxy) is 1. The summed E-state index contributed by atoms with van der Waals surface area (Å²) < 4.78 is 11.3. The molecule has 6 nitrogen and oxygen atoms in total. The van der Waals surface area contributed by atoms with E-state index in [4.69, 9.17) is 9.15 Å². The maximum Gasteiger partial charge on any atom is 0.294 e. The number of rotatable bonds is 4. The Hall–Kier alpha value is -2.50. The van der Waals surface area contributed by atoms with Gasteiger partial charge in [-0.25, -0.2) is 4.98 Å². The summed E-state index contributed by atoms with van der Waals surface area (Å²) in [7, 11) is 0. The van der Waals surface area contributed by atoms with Crippen LogP contribution >= 0.6 is 0 Å². The summed E-state index contributed by atoms with van der Waals surface area (Å²) in [4.78, 5) is 17.0. The lowest BCUT2D eigenvalue weighted by atomic mass is 9.84. The van der Waals surface area contributed by atoms with E-state index in [2.05, 4.69) is 29.5 Å². The minimum absolute atomic E-state index is 0.000572. The Morgan fingerprint density at radius 1 is 1.19 bits per heavy atom. The van der Waals surface area contributed by atoms with Crippen LogP contribution in [-0.4, -0.2) is 22.5 Å². The predicted octanol–water partition coefficient (Wildman–Crippen LogP) is 4.06. The number of hydrogen-bond donors (Lipinski definition) is 2. The fraction of sp³-hybridized carbons (Fsp3) is 0.524. The third-order valence-corrected chi connectivity index (χ3v) is 5.55. The van der Waals surface area contributed by atoms with Crippen LogP contribution in [-0.2, 0) is 4.79 Å². The number of nitrogens with one attached hydrogen (secondary N) is 2. The Morgan fingerprint density at radius 2 is 1.96 bits per heavy atom. The number of benzene rings is 1. The SMILES string of the molecule is CC1(C)CC(NC(=O)C2CCC(Nc3ncco3)CC2)c2ccccc2O1. The highest BCUT2D eigenvalue weighted by atomic mass is 16.5. The molecule has 144 valence electrons. The minimum atomic E-state index is -0.288. The quantitative estimate of drug-likeness (QED) is 0.850. The zero-order valence-electron chi connectivity index (χ0n) is 15.9. The van der Waals surface area contributed by atoms with Crippen LogP contribution in [0.2, 0.25) is 0 Å². The zero-order chi connectivity index (χ0) is 18.9. The Morgan fingerprint density at radius 3 is 2.70 bits per heavy atom. The molecular formula is C21H27N3O3. The molecule has 1 amide bonds. The van der Waals surface area contributed by atoms with Gasteiger partial charge in [-0.1, -0.05) is 18.2 Å². The largest absolute Gasteiger partial charge is 0.487 e. The highest BCUT2D eigenvalue weighted by Gasteiger charge is 2.36. The van der Waals surface area contributed by atoms with Crippen LogP contribution in [0, 0.1) is 5.92 Å². The first-order valence-electron chi connectivity index (χ1n) is 9.74. The van der Waals surface area contributed by atoms with Gasteiger partial charge in [-0.15, -0.1) is 0 Å². The molecule has 0 radical (unpaired) electrons. The summed E-state index contributed by atoms with van der Waals surface area (Å²) in [6.07, 6.45) is 7.60.